The Kier molecular flexibility index (Phi) is 9.92. The molecule has 2 fully saturated rings. The van der Waals surface area contributed by atoms with Crippen molar-refractivity contribution in [2.24, 2.45) is 5.92 Å². The molecule has 1 saturated heterocycles. The summed E-state index contributed by atoms with van der Waals surface area (Å²) < 4.78 is 19.8. The van der Waals surface area contributed by atoms with E-state index in [9.17, 15) is 9.18 Å². The maximum absolute atomic E-state index is 13.7. The predicted octanol–water partition coefficient (Wildman–Crippen LogP) is 6.64. The third-order valence-corrected chi connectivity index (χ3v) is 8.56. The Balaban J connectivity index is 1.30. The number of likely N-dealkylation sites (tertiary alicyclic amines) is 1. The summed E-state index contributed by atoms with van der Waals surface area (Å²) in [5, 5.41) is 6.89. The highest BCUT2D eigenvalue weighted by Crippen LogP contribution is 2.36. The molecule has 1 aliphatic heterocycles. The number of anilines is 3. The van der Waals surface area contributed by atoms with Gasteiger partial charge in [0.25, 0.3) is 0 Å². The fraction of sp³-hybridized carbons (Fsp3) is 0.469. The Bertz CT molecular complexity index is 1430. The Hall–Kier alpha value is -3.27. The molecule has 42 heavy (non-hydrogen) atoms. The van der Waals surface area contributed by atoms with Gasteiger partial charge in [-0.1, -0.05) is 31.5 Å². The molecule has 2 aliphatic rings. The van der Waals surface area contributed by atoms with E-state index in [4.69, 9.17) is 16.3 Å². The van der Waals surface area contributed by atoms with Crippen molar-refractivity contribution < 1.29 is 13.9 Å². The van der Waals surface area contributed by atoms with Crippen molar-refractivity contribution >= 4 is 45.6 Å². The second-order valence-electron chi connectivity index (χ2n) is 11.2. The number of benzene rings is 2. The molecule has 2 aromatic carbocycles. The molecule has 2 N–H and O–H groups in total. The van der Waals surface area contributed by atoms with Crippen LogP contribution in [0.4, 0.5) is 21.6 Å². The van der Waals surface area contributed by atoms with Crippen LogP contribution in [0, 0.1) is 11.7 Å². The lowest BCUT2D eigenvalue weighted by Gasteiger charge is -2.41. The minimum Gasteiger partial charge on any atom is -0.491 e. The molecule has 8 nitrogen and oxygen atoms in total. The van der Waals surface area contributed by atoms with Gasteiger partial charge >= 0.3 is 0 Å². The highest BCUT2D eigenvalue weighted by atomic mass is 35.5. The summed E-state index contributed by atoms with van der Waals surface area (Å²) in [4.78, 5) is 26.9. The van der Waals surface area contributed by atoms with E-state index in [2.05, 4.69) is 51.2 Å². The molecule has 1 saturated carbocycles. The number of amides is 1. The van der Waals surface area contributed by atoms with Crippen LogP contribution in [0.5, 0.6) is 5.75 Å². The number of rotatable bonds is 12. The number of hydrogen-bond acceptors (Lipinski definition) is 7. The maximum Gasteiger partial charge on any atom is 0.248 e. The second kappa shape index (κ2) is 13.8. The van der Waals surface area contributed by atoms with E-state index in [0.29, 0.717) is 58.5 Å². The second-order valence-corrected chi connectivity index (χ2v) is 11.6. The molecule has 2 heterocycles. The zero-order valence-corrected chi connectivity index (χ0v) is 25.3. The molecule has 3 aromatic rings. The third-order valence-electron chi connectivity index (χ3n) is 8.27. The summed E-state index contributed by atoms with van der Waals surface area (Å²) in [6, 6.07) is 9.11. The summed E-state index contributed by atoms with van der Waals surface area (Å²) in [7, 11) is 0. The average Bonchev–Trinajstić information content (AvgIpc) is 3.81. The highest BCUT2D eigenvalue weighted by molar-refractivity contribution is 6.31. The topological polar surface area (TPSA) is 82.6 Å². The number of hydrogen-bond donors (Lipinski definition) is 2. The summed E-state index contributed by atoms with van der Waals surface area (Å²) in [6.45, 7) is 11.2. The van der Waals surface area contributed by atoms with Crippen molar-refractivity contribution in [1.82, 2.24) is 19.8 Å². The average molecular weight is 595 g/mol. The van der Waals surface area contributed by atoms with Crippen LogP contribution in [0.15, 0.2) is 48.8 Å². The number of carbonyl (C=O) groups excluding carboxylic acids is 1. The van der Waals surface area contributed by atoms with Gasteiger partial charge in [0.1, 0.15) is 23.7 Å². The van der Waals surface area contributed by atoms with E-state index >= 15 is 0 Å². The molecule has 10 heteroatoms. The molecule has 2 unspecified atom stereocenters. The SMILES string of the molecule is CCN(CC)C1CCN(CC=CC(=O)Nc2cc3c(Nc4ccc(F)c(Cl)c4)ncnc3cc2OCC2CC2)C(C)C1. The van der Waals surface area contributed by atoms with Crippen LogP contribution in [0.2, 0.25) is 5.02 Å². The Labute approximate surface area is 252 Å². The number of nitrogens with one attached hydrogen (secondary N) is 2. The van der Waals surface area contributed by atoms with Crippen molar-refractivity contribution in [2.75, 3.05) is 43.4 Å². The Morgan fingerprint density at radius 2 is 2.00 bits per heavy atom. The number of halogens is 2. The first kappa shape index (κ1) is 30.2. The summed E-state index contributed by atoms with van der Waals surface area (Å²) in [6.07, 6.45) is 9.57. The molecule has 0 spiro atoms. The van der Waals surface area contributed by atoms with Crippen molar-refractivity contribution in [2.45, 2.75) is 58.5 Å². The van der Waals surface area contributed by atoms with Gasteiger partial charge in [0.15, 0.2) is 0 Å². The number of piperidine rings is 1. The normalized spacial score (nSPS) is 19.5. The van der Waals surface area contributed by atoms with Crippen LogP contribution < -0.4 is 15.4 Å². The van der Waals surface area contributed by atoms with Gasteiger partial charge < -0.3 is 20.3 Å². The first-order valence-electron chi connectivity index (χ1n) is 14.9. The molecular weight excluding hydrogens is 555 g/mol. The monoisotopic (exact) mass is 594 g/mol. The van der Waals surface area contributed by atoms with Crippen LogP contribution in [0.1, 0.15) is 46.5 Å². The number of fused-ring (bicyclic) bond motifs is 1. The zero-order valence-electron chi connectivity index (χ0n) is 24.6. The fourth-order valence-corrected chi connectivity index (χ4v) is 5.79. The van der Waals surface area contributed by atoms with Gasteiger partial charge in [0.05, 0.1) is 22.8 Å². The summed E-state index contributed by atoms with van der Waals surface area (Å²) >= 11 is 5.97. The van der Waals surface area contributed by atoms with Crippen LogP contribution >= 0.6 is 11.6 Å². The third kappa shape index (κ3) is 7.56. The van der Waals surface area contributed by atoms with Gasteiger partial charge in [-0.2, -0.15) is 0 Å². The van der Waals surface area contributed by atoms with Crippen molar-refractivity contribution in [3.8, 4) is 5.75 Å². The summed E-state index contributed by atoms with van der Waals surface area (Å²) in [5.74, 6) is 0.891. The minimum absolute atomic E-state index is 0.0107. The molecule has 1 aromatic heterocycles. The standard InChI is InChI=1S/C32H40ClFN6O2/c1-4-39(5-2)24-12-14-40(21(3)15-24)13-6-7-31(41)38-29-17-25-28(18-30(29)42-19-22-8-9-22)35-20-36-32(25)37-23-10-11-27(34)26(33)16-23/h6-7,10-11,16-18,20-22,24H,4-5,8-9,12-15,19H2,1-3H3,(H,38,41)(H,35,36,37). The van der Waals surface area contributed by atoms with E-state index in [0.717, 1.165) is 51.9 Å². The quantitative estimate of drug-likeness (QED) is 0.227. The Morgan fingerprint density at radius 1 is 1.19 bits per heavy atom. The Morgan fingerprint density at radius 3 is 2.71 bits per heavy atom. The molecule has 1 aliphatic carbocycles. The van der Waals surface area contributed by atoms with Crippen molar-refractivity contribution in [3.05, 3.63) is 59.7 Å². The zero-order chi connectivity index (χ0) is 29.6. The van der Waals surface area contributed by atoms with Gasteiger partial charge in [-0.3, -0.25) is 9.69 Å². The van der Waals surface area contributed by atoms with E-state index in [1.54, 1.807) is 12.1 Å². The van der Waals surface area contributed by atoms with Gasteiger partial charge in [0.2, 0.25) is 5.91 Å². The van der Waals surface area contributed by atoms with Crippen LogP contribution in [-0.2, 0) is 4.79 Å². The highest BCUT2D eigenvalue weighted by Gasteiger charge is 2.27. The number of nitrogens with zero attached hydrogens (tertiary/aromatic N) is 4. The largest absolute Gasteiger partial charge is 0.491 e. The van der Waals surface area contributed by atoms with Crippen molar-refractivity contribution in [1.29, 1.82) is 0 Å². The van der Waals surface area contributed by atoms with Crippen LogP contribution in [0.25, 0.3) is 10.9 Å². The smallest absolute Gasteiger partial charge is 0.248 e. The lowest BCUT2D eigenvalue weighted by atomic mass is 9.96. The van der Waals surface area contributed by atoms with E-state index in [1.165, 1.54) is 18.5 Å². The lowest BCUT2D eigenvalue weighted by Crippen LogP contribution is -2.48. The number of aromatic nitrogens is 2. The van der Waals surface area contributed by atoms with Gasteiger partial charge in [0, 0.05) is 48.4 Å². The van der Waals surface area contributed by atoms with Crippen molar-refractivity contribution in [3.63, 3.8) is 0 Å². The molecule has 2 atom stereocenters. The maximum atomic E-state index is 13.7. The van der Waals surface area contributed by atoms with Crippen LogP contribution in [-0.4, -0.2) is 70.5 Å². The minimum atomic E-state index is -0.496. The molecule has 224 valence electrons. The van der Waals surface area contributed by atoms with Gasteiger partial charge in [-0.25, -0.2) is 14.4 Å². The number of ether oxygens (including phenoxy) is 1. The van der Waals surface area contributed by atoms with Gasteiger partial charge in [-0.05, 0) is 75.9 Å². The van der Waals surface area contributed by atoms with E-state index in [1.807, 2.05) is 18.2 Å². The lowest BCUT2D eigenvalue weighted by molar-refractivity contribution is -0.111. The van der Waals surface area contributed by atoms with E-state index < -0.39 is 5.82 Å². The predicted molar refractivity (Wildman–Crippen MR) is 167 cm³/mol. The molecule has 1 amide bonds. The molecule has 0 bridgehead atoms. The molecule has 0 radical (unpaired) electrons. The fourth-order valence-electron chi connectivity index (χ4n) is 5.61. The summed E-state index contributed by atoms with van der Waals surface area (Å²) in [5.41, 5.74) is 1.78. The van der Waals surface area contributed by atoms with E-state index in [-0.39, 0.29) is 10.9 Å². The molecular formula is C32H40ClFN6O2. The first-order chi connectivity index (χ1) is 20.3. The number of carbonyl (C=O) groups is 1. The first-order valence-corrected chi connectivity index (χ1v) is 15.3. The van der Waals surface area contributed by atoms with Crippen LogP contribution in [0.3, 0.4) is 0 Å². The molecule has 5 rings (SSSR count). The van der Waals surface area contributed by atoms with Gasteiger partial charge in [-0.15, -0.1) is 0 Å².